The standard InChI is InChI=1S/C13H11N3O3.CNS.CH4O.Zn/c17-13-5-4-12(16(18)19)7-10(13)8-14-9-11-3-1-2-6-15-11;2-1-3;1-2;/h1-8,17H,9H2;;2H,1H3;/q;-1;;+2/p-1. The number of nitrogens with zero attached hydrogens (tertiary/aromatic N) is 4. The Balaban J connectivity index is 0. The van der Waals surface area contributed by atoms with Crippen LogP contribution < -0.4 is 5.11 Å². The molecule has 0 saturated heterocycles. The van der Waals surface area contributed by atoms with Gasteiger partial charge >= 0.3 is 19.5 Å². The second-order valence-electron chi connectivity index (χ2n) is 3.86. The average molecular weight is 412 g/mol. The Morgan fingerprint density at radius 2 is 2.04 bits per heavy atom. The number of nitro benzene ring substituents is 1. The van der Waals surface area contributed by atoms with Crippen molar-refractivity contribution in [3.05, 3.63) is 69.4 Å². The fourth-order valence-electron chi connectivity index (χ4n) is 1.48. The molecule has 0 amide bonds. The Bertz CT molecular complexity index is 708. The third kappa shape index (κ3) is 10.2. The van der Waals surface area contributed by atoms with Crippen molar-refractivity contribution >= 4 is 29.3 Å². The van der Waals surface area contributed by atoms with Crippen molar-refractivity contribution in [1.29, 1.82) is 0 Å². The molecule has 8 nitrogen and oxygen atoms in total. The normalized spacial score (nSPS) is 8.72. The number of hydrogen-bond acceptors (Lipinski definition) is 7. The first kappa shape index (κ1) is 24.9. The second-order valence-corrected chi connectivity index (χ2v) is 4.04. The van der Waals surface area contributed by atoms with Crippen molar-refractivity contribution in [2.45, 2.75) is 6.54 Å². The van der Waals surface area contributed by atoms with Crippen LogP contribution in [0, 0.1) is 10.1 Å². The molecule has 0 spiro atoms. The number of isothiocyanates is 1. The minimum absolute atomic E-state index is 0. The minimum atomic E-state index is -0.546. The molecule has 1 aromatic carbocycles. The molecule has 1 heterocycles. The van der Waals surface area contributed by atoms with Gasteiger partial charge in [-0.3, -0.25) is 20.1 Å². The van der Waals surface area contributed by atoms with Crippen LogP contribution in [0.25, 0.3) is 5.41 Å². The fourth-order valence-corrected chi connectivity index (χ4v) is 1.48. The summed E-state index contributed by atoms with van der Waals surface area (Å²) in [4.78, 5) is 18.2. The van der Waals surface area contributed by atoms with Crippen LogP contribution in [0.15, 0.2) is 47.6 Å². The van der Waals surface area contributed by atoms with Crippen LogP contribution in [0.1, 0.15) is 11.3 Å². The zero-order valence-electron chi connectivity index (χ0n) is 13.4. The number of benzene rings is 1. The molecule has 0 radical (unpaired) electrons. The molecule has 0 bridgehead atoms. The Morgan fingerprint density at radius 1 is 1.40 bits per heavy atom. The number of aromatic nitrogens is 1. The molecule has 10 heteroatoms. The summed E-state index contributed by atoms with van der Waals surface area (Å²) in [7, 11) is 1.00. The van der Waals surface area contributed by atoms with E-state index in [1.807, 2.05) is 12.1 Å². The molecule has 126 valence electrons. The van der Waals surface area contributed by atoms with Crippen LogP contribution in [0.2, 0.25) is 0 Å². The summed E-state index contributed by atoms with van der Waals surface area (Å²) >= 11 is 3.70. The van der Waals surface area contributed by atoms with E-state index in [4.69, 9.17) is 10.5 Å². The molecule has 2 rings (SSSR count). The molecule has 0 atom stereocenters. The number of aliphatic hydroxyl groups is 1. The second kappa shape index (κ2) is 15.2. The van der Waals surface area contributed by atoms with Gasteiger partial charge in [-0.05, 0) is 17.7 Å². The fraction of sp³-hybridized carbons (Fsp3) is 0.133. The Kier molecular flexibility index (Phi) is 15.1. The van der Waals surface area contributed by atoms with Crippen LogP contribution >= 0.6 is 12.2 Å². The third-order valence-corrected chi connectivity index (χ3v) is 2.41. The molecule has 2 aromatic rings. The summed E-state index contributed by atoms with van der Waals surface area (Å²) < 4.78 is 0. The smallest absolute Gasteiger partial charge is 0.872 e. The van der Waals surface area contributed by atoms with Gasteiger partial charge in [0.05, 0.1) is 17.2 Å². The molecule has 0 saturated carbocycles. The number of aliphatic hydroxyl groups excluding tert-OH is 1. The zero-order valence-corrected chi connectivity index (χ0v) is 17.2. The monoisotopic (exact) mass is 410 g/mol. The quantitative estimate of drug-likeness (QED) is 0.268. The summed E-state index contributed by atoms with van der Waals surface area (Å²) in [6, 6.07) is 9.00. The molecular formula is C15H14N4O4SZn. The number of hydrogen-bond donors (Lipinski definition) is 1. The number of rotatable bonds is 4. The van der Waals surface area contributed by atoms with Crippen molar-refractivity contribution in [1.82, 2.24) is 4.98 Å². The first-order chi connectivity index (χ1) is 11.6. The van der Waals surface area contributed by atoms with Crippen LogP contribution in [0.3, 0.4) is 0 Å². The van der Waals surface area contributed by atoms with Crippen molar-refractivity contribution in [2.24, 2.45) is 4.99 Å². The van der Waals surface area contributed by atoms with Crippen molar-refractivity contribution in [3.63, 3.8) is 0 Å². The van der Waals surface area contributed by atoms with E-state index in [2.05, 4.69) is 22.2 Å². The van der Waals surface area contributed by atoms with Gasteiger partial charge in [0.15, 0.2) is 0 Å². The van der Waals surface area contributed by atoms with Gasteiger partial charge in [0, 0.05) is 31.7 Å². The number of pyridine rings is 1. The van der Waals surface area contributed by atoms with E-state index in [1.165, 1.54) is 29.6 Å². The topological polar surface area (TPSA) is 134 Å². The van der Waals surface area contributed by atoms with Crippen molar-refractivity contribution < 1.29 is 34.6 Å². The SMILES string of the molecule is CO.O=[N+]([O-])c1ccc([O-])c(C=NCc2ccccn2)c1.[N-]=C=S.[Zn+2]. The number of non-ortho nitro benzene ring substituents is 1. The van der Waals surface area contributed by atoms with Crippen LogP contribution in [-0.2, 0) is 26.0 Å². The molecule has 25 heavy (non-hydrogen) atoms. The molecule has 1 N–H and O–H groups in total. The minimum Gasteiger partial charge on any atom is -0.872 e. The van der Waals surface area contributed by atoms with Gasteiger partial charge in [0.1, 0.15) is 0 Å². The summed E-state index contributed by atoms with van der Waals surface area (Å²) in [5.41, 5.74) is 0.834. The van der Waals surface area contributed by atoms with Gasteiger partial charge < -0.3 is 15.6 Å². The van der Waals surface area contributed by atoms with Gasteiger partial charge in [-0.2, -0.15) is 5.16 Å². The van der Waals surface area contributed by atoms with Crippen LogP contribution in [0.5, 0.6) is 5.75 Å². The van der Waals surface area contributed by atoms with E-state index in [-0.39, 0.29) is 36.5 Å². The summed E-state index contributed by atoms with van der Waals surface area (Å²) in [5.74, 6) is -0.296. The van der Waals surface area contributed by atoms with Gasteiger partial charge in [0.2, 0.25) is 0 Å². The van der Waals surface area contributed by atoms with E-state index >= 15 is 0 Å². The maximum atomic E-state index is 11.5. The number of thiocarbonyl (C=S) groups is 1. The number of aliphatic imine (C=N–C) groups is 1. The van der Waals surface area contributed by atoms with E-state index < -0.39 is 4.92 Å². The Labute approximate surface area is 162 Å². The molecule has 1 aromatic heterocycles. The summed E-state index contributed by atoms with van der Waals surface area (Å²) in [6.45, 7) is 0.322. The Hall–Kier alpha value is -2.38. The van der Waals surface area contributed by atoms with Crippen LogP contribution in [0.4, 0.5) is 5.69 Å². The van der Waals surface area contributed by atoms with Gasteiger partial charge in [0.25, 0.3) is 5.69 Å². The van der Waals surface area contributed by atoms with E-state index in [0.717, 1.165) is 12.8 Å². The largest absolute Gasteiger partial charge is 2.00 e. The van der Waals surface area contributed by atoms with E-state index in [1.54, 1.807) is 12.3 Å². The molecule has 0 aliphatic heterocycles. The first-order valence-corrected chi connectivity index (χ1v) is 6.80. The molecule has 0 fully saturated rings. The summed E-state index contributed by atoms with van der Waals surface area (Å²) in [5, 5.41) is 37.6. The van der Waals surface area contributed by atoms with Crippen molar-refractivity contribution in [2.75, 3.05) is 7.11 Å². The summed E-state index contributed by atoms with van der Waals surface area (Å²) in [6.07, 6.45) is 2.99. The van der Waals surface area contributed by atoms with Gasteiger partial charge in [-0.25, -0.2) is 0 Å². The molecule has 0 unspecified atom stereocenters. The zero-order chi connectivity index (χ0) is 18.4. The molecule has 0 aliphatic carbocycles. The Morgan fingerprint density at radius 3 is 2.56 bits per heavy atom. The predicted octanol–water partition coefficient (Wildman–Crippen LogP) is 1.95. The van der Waals surface area contributed by atoms with Gasteiger partial charge in [-0.1, -0.05) is 30.1 Å². The maximum absolute atomic E-state index is 11.5. The van der Waals surface area contributed by atoms with Crippen molar-refractivity contribution in [3.8, 4) is 5.75 Å². The number of nitro groups is 1. The average Bonchev–Trinajstić information content (AvgIpc) is 2.60. The predicted molar refractivity (Wildman–Crippen MR) is 92.2 cm³/mol. The first-order valence-electron chi connectivity index (χ1n) is 6.39. The van der Waals surface area contributed by atoms with E-state index in [9.17, 15) is 15.2 Å². The van der Waals surface area contributed by atoms with Crippen LogP contribution in [-0.4, -0.2) is 33.5 Å². The molecular weight excluding hydrogens is 398 g/mol. The van der Waals surface area contributed by atoms with Gasteiger partial charge in [-0.15, -0.1) is 0 Å². The van der Waals surface area contributed by atoms with E-state index in [0.29, 0.717) is 6.54 Å². The maximum Gasteiger partial charge on any atom is 2.00 e. The third-order valence-electron chi connectivity index (χ3n) is 2.41. The molecule has 0 aliphatic rings.